The minimum atomic E-state index is -0.366. The number of aliphatic hydroxyl groups excluding tert-OH is 1. The average molecular weight is 638 g/mol. The quantitative estimate of drug-likeness (QED) is 0.232. The van der Waals surface area contributed by atoms with Gasteiger partial charge in [-0.3, -0.25) is 4.79 Å². The summed E-state index contributed by atoms with van der Waals surface area (Å²) in [7, 11) is 0. The molecule has 0 aliphatic carbocycles. The molecule has 0 amide bonds. The van der Waals surface area contributed by atoms with E-state index >= 15 is 0 Å². The van der Waals surface area contributed by atoms with Gasteiger partial charge in [-0.2, -0.15) is 10.2 Å². The van der Waals surface area contributed by atoms with Crippen molar-refractivity contribution in [1.82, 2.24) is 29.5 Å². The molecule has 4 aromatic rings. The van der Waals surface area contributed by atoms with Crippen molar-refractivity contribution in [2.75, 3.05) is 11.5 Å². The summed E-state index contributed by atoms with van der Waals surface area (Å²) in [5, 5.41) is 18.7. The number of anilines is 1. The number of aliphatic hydroxyl groups is 1. The molecule has 1 saturated heterocycles. The highest BCUT2D eigenvalue weighted by atomic mass is 127. The fraction of sp³-hybridized carbons (Fsp3) is 0.400. The third-order valence-corrected chi connectivity index (χ3v) is 7.89. The summed E-state index contributed by atoms with van der Waals surface area (Å²) < 4.78 is 16.3. The Balaban J connectivity index is 1.48. The van der Waals surface area contributed by atoms with Gasteiger partial charge in [0.25, 0.3) is 0 Å². The second-order valence-corrected chi connectivity index (χ2v) is 11.0. The normalized spacial score (nSPS) is 20.1. The van der Waals surface area contributed by atoms with Crippen LogP contribution in [0.2, 0.25) is 5.02 Å². The molecule has 12 heteroatoms. The van der Waals surface area contributed by atoms with Gasteiger partial charge in [0, 0.05) is 48.3 Å². The van der Waals surface area contributed by atoms with E-state index in [1.54, 1.807) is 18.5 Å². The van der Waals surface area contributed by atoms with E-state index in [0.29, 0.717) is 53.2 Å². The van der Waals surface area contributed by atoms with Crippen LogP contribution in [-0.2, 0) is 6.54 Å². The van der Waals surface area contributed by atoms with Crippen molar-refractivity contribution in [3.05, 3.63) is 56.9 Å². The zero-order chi connectivity index (χ0) is 26.3. The van der Waals surface area contributed by atoms with Crippen molar-refractivity contribution in [2.24, 2.45) is 5.92 Å². The van der Waals surface area contributed by atoms with Crippen LogP contribution in [0.1, 0.15) is 43.5 Å². The lowest BCUT2D eigenvalue weighted by molar-refractivity contribution is 0.0878. The number of nitrogens with zero attached hydrogens (tertiary/aromatic N) is 7. The van der Waals surface area contributed by atoms with Gasteiger partial charge in [-0.05, 0) is 67.8 Å². The third-order valence-electron chi connectivity index (χ3n) is 6.82. The van der Waals surface area contributed by atoms with Crippen LogP contribution in [-0.4, -0.2) is 59.1 Å². The van der Waals surface area contributed by atoms with Crippen molar-refractivity contribution in [2.45, 2.75) is 51.7 Å². The topological polar surface area (TPSA) is 102 Å². The summed E-state index contributed by atoms with van der Waals surface area (Å²) in [5.41, 5.74) is 1.16. The first-order valence-electron chi connectivity index (χ1n) is 12.1. The van der Waals surface area contributed by atoms with Crippen LogP contribution < -0.4 is 4.90 Å². The number of piperidine rings is 1. The van der Waals surface area contributed by atoms with Crippen molar-refractivity contribution < 1.29 is 14.3 Å². The van der Waals surface area contributed by atoms with Crippen LogP contribution in [0.3, 0.4) is 0 Å². The van der Waals surface area contributed by atoms with E-state index in [4.69, 9.17) is 16.6 Å². The predicted molar refractivity (Wildman–Crippen MR) is 147 cm³/mol. The minimum absolute atomic E-state index is 0.0216. The molecule has 4 aromatic heterocycles. The smallest absolute Gasteiger partial charge is 0.195 e. The van der Waals surface area contributed by atoms with Gasteiger partial charge in [0.2, 0.25) is 0 Å². The first kappa shape index (κ1) is 26.0. The molecule has 0 saturated carbocycles. The van der Waals surface area contributed by atoms with Crippen LogP contribution in [0.5, 0.6) is 0 Å². The molecule has 0 spiro atoms. The number of aromatic nitrogens is 6. The molecule has 1 fully saturated rings. The second-order valence-electron chi connectivity index (χ2n) is 9.39. The van der Waals surface area contributed by atoms with Crippen LogP contribution in [0.4, 0.5) is 10.2 Å². The fourth-order valence-electron chi connectivity index (χ4n) is 5.28. The Bertz CT molecular complexity index is 1430. The molecule has 9 nitrogen and oxygen atoms in total. The Morgan fingerprint density at radius 1 is 1.19 bits per heavy atom. The molecule has 1 N–H and O–H groups in total. The molecular formula is C25H26ClFIN7O2. The Kier molecular flexibility index (Phi) is 7.46. The molecule has 5 rings (SSSR count). The number of hydrogen-bond acceptors (Lipinski definition) is 7. The molecule has 5 heterocycles. The number of carbonyl (C=O) groups excluding carboxylic acids is 1. The van der Waals surface area contributed by atoms with E-state index in [0.717, 1.165) is 9.39 Å². The number of pyridine rings is 2. The molecule has 0 unspecified atom stereocenters. The highest BCUT2D eigenvalue weighted by Gasteiger charge is 2.37. The van der Waals surface area contributed by atoms with Crippen LogP contribution in [0, 0.1) is 15.3 Å². The van der Waals surface area contributed by atoms with Crippen LogP contribution in [0.25, 0.3) is 16.9 Å². The highest BCUT2D eigenvalue weighted by molar-refractivity contribution is 14.1. The second kappa shape index (κ2) is 10.6. The number of halogens is 3. The molecule has 1 aliphatic rings. The Hall–Kier alpha value is -2.64. The molecule has 0 aromatic carbocycles. The molecule has 2 atom stereocenters. The number of carbonyl (C=O) groups is 1. The number of aryl methyl sites for hydroxylation is 1. The zero-order valence-corrected chi connectivity index (χ0v) is 23.3. The highest BCUT2D eigenvalue weighted by Crippen LogP contribution is 2.37. The van der Waals surface area contributed by atoms with E-state index in [2.05, 4.69) is 56.5 Å². The van der Waals surface area contributed by atoms with Gasteiger partial charge in [0.05, 0.1) is 27.2 Å². The molecule has 37 heavy (non-hydrogen) atoms. The Morgan fingerprint density at radius 3 is 2.54 bits per heavy atom. The van der Waals surface area contributed by atoms with E-state index in [1.807, 2.05) is 10.8 Å². The monoisotopic (exact) mass is 637 g/mol. The maximum absolute atomic E-state index is 13.9. The first-order valence-corrected chi connectivity index (χ1v) is 13.5. The number of hydrogen-bond donors (Lipinski definition) is 1. The molecule has 194 valence electrons. The maximum Gasteiger partial charge on any atom is 0.195 e. The van der Waals surface area contributed by atoms with Gasteiger partial charge in [-0.1, -0.05) is 11.6 Å². The Labute approximate surface area is 231 Å². The van der Waals surface area contributed by atoms with E-state index in [-0.39, 0.29) is 36.2 Å². The largest absolute Gasteiger partial charge is 0.396 e. The lowest BCUT2D eigenvalue weighted by Crippen LogP contribution is -2.49. The van der Waals surface area contributed by atoms with Gasteiger partial charge in [0.15, 0.2) is 11.6 Å². The molecular weight excluding hydrogens is 612 g/mol. The van der Waals surface area contributed by atoms with E-state index in [1.165, 1.54) is 17.1 Å². The summed E-state index contributed by atoms with van der Waals surface area (Å²) >= 11 is 8.67. The summed E-state index contributed by atoms with van der Waals surface area (Å²) in [6, 6.07) is 3.29. The SMILES string of the molecule is C[C@@H]1CC(C(=O)c2cn(CCCO)c3nc(-n4nccn4)c(Cl)cc23)C[C@@H](C)N1c1ncc(F)cc1I. The maximum atomic E-state index is 13.9. The lowest BCUT2D eigenvalue weighted by atomic mass is 9.82. The predicted octanol–water partition coefficient (Wildman–Crippen LogP) is 4.67. The molecule has 1 aliphatic heterocycles. The average Bonchev–Trinajstić information content (AvgIpc) is 3.51. The first-order chi connectivity index (χ1) is 17.8. The minimum Gasteiger partial charge on any atom is -0.396 e. The summed E-state index contributed by atoms with van der Waals surface area (Å²) in [6.45, 7) is 4.67. The summed E-state index contributed by atoms with van der Waals surface area (Å²) in [4.78, 5) is 26.5. The number of fused-ring (bicyclic) bond motifs is 1. The van der Waals surface area contributed by atoms with Crippen LogP contribution in [0.15, 0.2) is 36.9 Å². The molecule has 0 bridgehead atoms. The van der Waals surface area contributed by atoms with Gasteiger partial charge < -0.3 is 14.6 Å². The van der Waals surface area contributed by atoms with Crippen molar-refractivity contribution in [3.63, 3.8) is 0 Å². The number of Topliss-reactive ketones (excluding diaryl/α,β-unsaturated/α-hetero) is 1. The zero-order valence-electron chi connectivity index (χ0n) is 20.4. The van der Waals surface area contributed by atoms with Crippen molar-refractivity contribution in [1.29, 1.82) is 0 Å². The van der Waals surface area contributed by atoms with Gasteiger partial charge in [-0.15, -0.1) is 4.80 Å². The fourth-order valence-corrected chi connectivity index (χ4v) is 6.22. The van der Waals surface area contributed by atoms with Crippen LogP contribution >= 0.6 is 34.2 Å². The van der Waals surface area contributed by atoms with Crippen molar-refractivity contribution in [3.8, 4) is 5.82 Å². The third kappa shape index (κ3) is 4.96. The standard InChI is InChI=1S/C25H26ClFIN7O2/c1-14-8-16(9-15(2)34(14)25-21(28)10-17(27)12-29-25)22(37)19-13-33(6-3-7-36)23-18(19)11-20(26)24(32-23)35-30-4-5-31-35/h4-5,10-16,36H,3,6-9H2,1-2H3/t14-,15-/m1/s1. The van der Waals surface area contributed by atoms with E-state index < -0.39 is 0 Å². The summed E-state index contributed by atoms with van der Waals surface area (Å²) in [5.74, 6) is 0.579. The Morgan fingerprint density at radius 2 is 1.89 bits per heavy atom. The van der Waals surface area contributed by atoms with Gasteiger partial charge in [0.1, 0.15) is 17.3 Å². The number of ketones is 1. The molecule has 0 radical (unpaired) electrons. The van der Waals surface area contributed by atoms with Crippen molar-refractivity contribution >= 4 is 56.8 Å². The summed E-state index contributed by atoms with van der Waals surface area (Å²) in [6.07, 6.45) is 7.93. The van der Waals surface area contributed by atoms with Gasteiger partial charge >= 0.3 is 0 Å². The van der Waals surface area contributed by atoms with Gasteiger partial charge in [-0.25, -0.2) is 14.4 Å². The number of rotatable bonds is 7. The van der Waals surface area contributed by atoms with E-state index in [9.17, 15) is 14.3 Å². The lowest BCUT2D eigenvalue weighted by Gasteiger charge is -2.43.